The van der Waals surface area contributed by atoms with E-state index in [1.807, 2.05) is 19.9 Å². The van der Waals surface area contributed by atoms with E-state index in [2.05, 4.69) is 13.0 Å². The molecule has 1 unspecified atom stereocenters. The highest BCUT2D eigenvalue weighted by Gasteiger charge is 2.22. The lowest BCUT2D eigenvalue weighted by atomic mass is 10.1. The van der Waals surface area contributed by atoms with Gasteiger partial charge in [-0.2, -0.15) is 0 Å². The Labute approximate surface area is 92.0 Å². The number of ether oxygens (including phenoxy) is 1. The molecule has 84 valence electrons. The first-order chi connectivity index (χ1) is 7.15. The third-order valence-corrected chi connectivity index (χ3v) is 2.60. The highest BCUT2D eigenvalue weighted by molar-refractivity contribution is 5.95. The van der Waals surface area contributed by atoms with Crippen molar-refractivity contribution >= 4 is 5.97 Å². The molecule has 0 radical (unpaired) electrons. The SMILES string of the molecule is CCCCC/C=C(\C)C1=CC(C)OC1=O. The monoisotopic (exact) mass is 208 g/mol. The Hall–Kier alpha value is -1.05. The van der Waals surface area contributed by atoms with Crippen LogP contribution in [0, 0.1) is 0 Å². The van der Waals surface area contributed by atoms with Crippen molar-refractivity contribution in [3.05, 3.63) is 23.3 Å². The van der Waals surface area contributed by atoms with Crippen LogP contribution in [0.4, 0.5) is 0 Å². The predicted molar refractivity (Wildman–Crippen MR) is 61.5 cm³/mol. The molecule has 1 rings (SSSR count). The zero-order valence-electron chi connectivity index (χ0n) is 9.88. The molecule has 15 heavy (non-hydrogen) atoms. The number of esters is 1. The topological polar surface area (TPSA) is 26.3 Å². The Kier molecular flexibility index (Phi) is 4.60. The highest BCUT2D eigenvalue weighted by atomic mass is 16.5. The van der Waals surface area contributed by atoms with Gasteiger partial charge in [-0.1, -0.05) is 25.8 Å². The van der Waals surface area contributed by atoms with Crippen molar-refractivity contribution in [2.24, 2.45) is 0 Å². The van der Waals surface area contributed by atoms with E-state index in [-0.39, 0.29) is 12.1 Å². The van der Waals surface area contributed by atoms with Crippen LogP contribution >= 0.6 is 0 Å². The van der Waals surface area contributed by atoms with Gasteiger partial charge in [-0.05, 0) is 38.3 Å². The molecule has 1 atom stereocenters. The van der Waals surface area contributed by atoms with Crippen LogP contribution in [0.5, 0.6) is 0 Å². The number of hydrogen-bond donors (Lipinski definition) is 0. The molecule has 0 saturated heterocycles. The van der Waals surface area contributed by atoms with E-state index < -0.39 is 0 Å². The average molecular weight is 208 g/mol. The quantitative estimate of drug-likeness (QED) is 0.511. The van der Waals surface area contributed by atoms with E-state index in [0.29, 0.717) is 0 Å². The Morgan fingerprint density at radius 3 is 2.80 bits per heavy atom. The molecular formula is C13H20O2. The Morgan fingerprint density at radius 2 is 2.27 bits per heavy atom. The maximum absolute atomic E-state index is 11.4. The Balaban J connectivity index is 2.49. The highest BCUT2D eigenvalue weighted by Crippen LogP contribution is 2.21. The predicted octanol–water partition coefficient (Wildman–Crippen LogP) is 3.38. The van der Waals surface area contributed by atoms with Crippen molar-refractivity contribution in [2.75, 3.05) is 0 Å². The van der Waals surface area contributed by atoms with Gasteiger partial charge in [0.25, 0.3) is 0 Å². The summed E-state index contributed by atoms with van der Waals surface area (Å²) in [6, 6.07) is 0. The summed E-state index contributed by atoms with van der Waals surface area (Å²) in [5.41, 5.74) is 1.81. The van der Waals surface area contributed by atoms with Gasteiger partial charge in [0.1, 0.15) is 6.10 Å². The van der Waals surface area contributed by atoms with Crippen molar-refractivity contribution in [3.63, 3.8) is 0 Å². The fourth-order valence-corrected chi connectivity index (χ4v) is 1.68. The fourth-order valence-electron chi connectivity index (χ4n) is 1.68. The van der Waals surface area contributed by atoms with Gasteiger partial charge in [0.05, 0.1) is 5.57 Å². The van der Waals surface area contributed by atoms with Gasteiger partial charge in [-0.3, -0.25) is 0 Å². The van der Waals surface area contributed by atoms with Crippen molar-refractivity contribution in [1.82, 2.24) is 0 Å². The first-order valence-electron chi connectivity index (χ1n) is 5.75. The molecule has 0 bridgehead atoms. The van der Waals surface area contributed by atoms with Crippen molar-refractivity contribution in [2.45, 2.75) is 52.6 Å². The Bertz CT molecular complexity index is 287. The molecular weight excluding hydrogens is 188 g/mol. The normalized spacial score (nSPS) is 21.5. The van der Waals surface area contributed by atoms with Crippen molar-refractivity contribution < 1.29 is 9.53 Å². The maximum Gasteiger partial charge on any atom is 0.338 e. The number of carbonyl (C=O) groups excluding carboxylic acids is 1. The lowest BCUT2D eigenvalue weighted by Gasteiger charge is -2.00. The van der Waals surface area contributed by atoms with Crippen LogP contribution in [0.15, 0.2) is 23.3 Å². The van der Waals surface area contributed by atoms with Gasteiger partial charge in [0, 0.05) is 0 Å². The third-order valence-electron chi connectivity index (χ3n) is 2.60. The number of rotatable bonds is 5. The van der Waals surface area contributed by atoms with E-state index >= 15 is 0 Å². The summed E-state index contributed by atoms with van der Waals surface area (Å²) in [6.07, 6.45) is 8.71. The van der Waals surface area contributed by atoms with Crippen LogP contribution < -0.4 is 0 Å². The second-order valence-electron chi connectivity index (χ2n) is 4.07. The summed E-state index contributed by atoms with van der Waals surface area (Å²) in [7, 11) is 0. The van der Waals surface area contributed by atoms with E-state index in [4.69, 9.17) is 4.74 Å². The van der Waals surface area contributed by atoms with Crippen LogP contribution in [0.25, 0.3) is 0 Å². The zero-order chi connectivity index (χ0) is 11.3. The van der Waals surface area contributed by atoms with Gasteiger partial charge in [0.15, 0.2) is 0 Å². The molecule has 0 spiro atoms. The zero-order valence-corrected chi connectivity index (χ0v) is 9.88. The number of cyclic esters (lactones) is 1. The molecule has 2 heteroatoms. The molecule has 1 aliphatic heterocycles. The summed E-state index contributed by atoms with van der Waals surface area (Å²) in [5.74, 6) is -0.174. The molecule has 0 N–H and O–H groups in total. The van der Waals surface area contributed by atoms with Gasteiger partial charge >= 0.3 is 5.97 Å². The molecule has 1 aliphatic rings. The lowest BCUT2D eigenvalue weighted by molar-refractivity contribution is -0.138. The largest absolute Gasteiger partial charge is 0.455 e. The molecule has 0 fully saturated rings. The molecule has 1 heterocycles. The number of unbranched alkanes of at least 4 members (excludes halogenated alkanes) is 3. The van der Waals surface area contributed by atoms with E-state index in [1.54, 1.807) is 0 Å². The maximum atomic E-state index is 11.4. The van der Waals surface area contributed by atoms with E-state index in [0.717, 1.165) is 17.6 Å². The molecule has 0 aromatic heterocycles. The summed E-state index contributed by atoms with van der Waals surface area (Å²) in [4.78, 5) is 11.4. The molecule has 0 amide bonds. The summed E-state index contributed by atoms with van der Waals surface area (Å²) >= 11 is 0. The lowest BCUT2D eigenvalue weighted by Crippen LogP contribution is -2.04. The van der Waals surface area contributed by atoms with Crippen LogP contribution in [0.2, 0.25) is 0 Å². The van der Waals surface area contributed by atoms with Crippen LogP contribution in [-0.2, 0) is 9.53 Å². The van der Waals surface area contributed by atoms with Crippen LogP contribution in [0.1, 0.15) is 46.5 Å². The summed E-state index contributed by atoms with van der Waals surface area (Å²) in [6.45, 7) is 6.06. The minimum atomic E-state index is -0.174. The average Bonchev–Trinajstić information content (AvgIpc) is 2.52. The number of allylic oxidation sites excluding steroid dienone is 1. The van der Waals surface area contributed by atoms with E-state index in [9.17, 15) is 4.79 Å². The Morgan fingerprint density at radius 1 is 1.53 bits per heavy atom. The minimum absolute atomic E-state index is 0.0634. The number of carbonyl (C=O) groups is 1. The smallest absolute Gasteiger partial charge is 0.338 e. The molecule has 0 saturated carbocycles. The summed E-state index contributed by atoms with van der Waals surface area (Å²) in [5, 5.41) is 0. The van der Waals surface area contributed by atoms with Crippen molar-refractivity contribution in [3.8, 4) is 0 Å². The fraction of sp³-hybridized carbons (Fsp3) is 0.615. The summed E-state index contributed by atoms with van der Waals surface area (Å²) < 4.78 is 5.05. The third kappa shape index (κ3) is 3.54. The minimum Gasteiger partial charge on any atom is -0.455 e. The van der Waals surface area contributed by atoms with Crippen LogP contribution in [-0.4, -0.2) is 12.1 Å². The first kappa shape index (κ1) is 12.0. The molecule has 0 aromatic carbocycles. The molecule has 0 aromatic rings. The molecule has 2 nitrogen and oxygen atoms in total. The van der Waals surface area contributed by atoms with Crippen molar-refractivity contribution in [1.29, 1.82) is 0 Å². The van der Waals surface area contributed by atoms with Gasteiger partial charge in [0.2, 0.25) is 0 Å². The van der Waals surface area contributed by atoms with Gasteiger partial charge in [-0.25, -0.2) is 4.79 Å². The number of hydrogen-bond acceptors (Lipinski definition) is 2. The standard InChI is InChI=1S/C13H20O2/c1-4-5-6-7-8-10(2)12-9-11(3)15-13(12)14/h8-9,11H,4-7H2,1-3H3/b10-8+. The van der Waals surface area contributed by atoms with E-state index in [1.165, 1.54) is 19.3 Å². The molecule has 0 aliphatic carbocycles. The van der Waals surface area contributed by atoms with Crippen LogP contribution in [0.3, 0.4) is 0 Å². The van der Waals surface area contributed by atoms with Gasteiger partial charge in [-0.15, -0.1) is 0 Å². The second-order valence-corrected chi connectivity index (χ2v) is 4.07. The van der Waals surface area contributed by atoms with Gasteiger partial charge < -0.3 is 4.74 Å². The first-order valence-corrected chi connectivity index (χ1v) is 5.75. The second kappa shape index (κ2) is 5.74.